The van der Waals surface area contributed by atoms with Gasteiger partial charge in [0.2, 0.25) is 0 Å². The summed E-state index contributed by atoms with van der Waals surface area (Å²) in [5.41, 5.74) is 0.411. The Bertz CT molecular complexity index is 194. The lowest BCUT2D eigenvalue weighted by Crippen LogP contribution is -2.33. The van der Waals surface area contributed by atoms with Crippen molar-refractivity contribution in [3.63, 3.8) is 0 Å². The maximum atomic E-state index is 6.20. The summed E-state index contributed by atoms with van der Waals surface area (Å²) in [7, 11) is 0. The summed E-state index contributed by atoms with van der Waals surface area (Å²) < 4.78 is 7.35. The summed E-state index contributed by atoms with van der Waals surface area (Å²) in [6, 6.07) is 0. The number of hydrogen-bond donors (Lipinski definition) is 0. The predicted molar refractivity (Wildman–Crippen MR) is 58.7 cm³/mol. The second-order valence-corrected chi connectivity index (χ2v) is 5.55. The van der Waals surface area contributed by atoms with Gasteiger partial charge < -0.3 is 4.74 Å². The van der Waals surface area contributed by atoms with Gasteiger partial charge in [0.1, 0.15) is 0 Å². The Labute approximate surface area is 88.4 Å². The van der Waals surface area contributed by atoms with Gasteiger partial charge in [-0.05, 0) is 39.0 Å². The van der Waals surface area contributed by atoms with Crippen LogP contribution in [0, 0.1) is 5.92 Å². The van der Waals surface area contributed by atoms with E-state index in [0.717, 1.165) is 10.3 Å². The molecule has 0 aromatic rings. The number of alkyl halides is 1. The van der Waals surface area contributed by atoms with E-state index >= 15 is 0 Å². The van der Waals surface area contributed by atoms with Gasteiger partial charge in [0, 0.05) is 4.43 Å². The van der Waals surface area contributed by atoms with Crippen molar-refractivity contribution in [2.45, 2.75) is 50.7 Å². The molecular formula is C10H17IO. The molecule has 3 atom stereocenters. The SMILES string of the molecule is CC12CCC[C@H](C1)C(C)(CI)O2. The lowest BCUT2D eigenvalue weighted by Gasteiger charge is -2.28. The molecule has 1 saturated carbocycles. The van der Waals surface area contributed by atoms with Crippen molar-refractivity contribution in [3.05, 3.63) is 0 Å². The van der Waals surface area contributed by atoms with Crippen LogP contribution in [0.5, 0.6) is 0 Å². The molecule has 0 amide bonds. The molecule has 0 aromatic heterocycles. The molecule has 2 rings (SSSR count). The molecule has 1 aliphatic heterocycles. The van der Waals surface area contributed by atoms with E-state index in [1.807, 2.05) is 0 Å². The summed E-state index contributed by atoms with van der Waals surface area (Å²) in [5, 5.41) is 0. The Balaban J connectivity index is 2.22. The Morgan fingerprint density at radius 3 is 2.83 bits per heavy atom. The molecular weight excluding hydrogens is 263 g/mol. The minimum Gasteiger partial charge on any atom is -0.368 e. The maximum absolute atomic E-state index is 6.20. The summed E-state index contributed by atoms with van der Waals surface area (Å²) in [6.45, 7) is 4.58. The van der Waals surface area contributed by atoms with E-state index in [1.54, 1.807) is 0 Å². The summed E-state index contributed by atoms with van der Waals surface area (Å²) in [6.07, 6.45) is 5.32. The average Bonchev–Trinajstić information content (AvgIpc) is 2.20. The van der Waals surface area contributed by atoms with Crippen LogP contribution in [-0.2, 0) is 4.74 Å². The summed E-state index contributed by atoms with van der Waals surface area (Å²) in [5.74, 6) is 0.827. The quantitative estimate of drug-likeness (QED) is 0.529. The van der Waals surface area contributed by atoms with Gasteiger partial charge in [-0.25, -0.2) is 0 Å². The van der Waals surface area contributed by atoms with Crippen molar-refractivity contribution >= 4 is 22.6 Å². The van der Waals surface area contributed by atoms with Crippen LogP contribution in [0.25, 0.3) is 0 Å². The smallest absolute Gasteiger partial charge is 0.0779 e. The first kappa shape index (κ1) is 9.25. The van der Waals surface area contributed by atoms with Gasteiger partial charge in [-0.1, -0.05) is 29.0 Å². The molecule has 12 heavy (non-hydrogen) atoms. The van der Waals surface area contributed by atoms with E-state index in [0.29, 0.717) is 0 Å². The summed E-state index contributed by atoms with van der Waals surface area (Å²) >= 11 is 2.46. The fraction of sp³-hybridized carbons (Fsp3) is 1.00. The van der Waals surface area contributed by atoms with E-state index in [4.69, 9.17) is 4.74 Å². The molecule has 0 N–H and O–H groups in total. The van der Waals surface area contributed by atoms with Crippen LogP contribution in [-0.4, -0.2) is 15.6 Å². The normalized spacial score (nSPS) is 52.8. The molecule has 70 valence electrons. The first-order valence-electron chi connectivity index (χ1n) is 4.84. The van der Waals surface area contributed by atoms with Gasteiger partial charge in [-0.15, -0.1) is 0 Å². The van der Waals surface area contributed by atoms with Crippen LogP contribution in [0.2, 0.25) is 0 Å². The molecule has 2 fully saturated rings. The topological polar surface area (TPSA) is 9.23 Å². The van der Waals surface area contributed by atoms with Crippen molar-refractivity contribution in [1.29, 1.82) is 0 Å². The lowest BCUT2D eigenvalue weighted by molar-refractivity contribution is -0.0743. The van der Waals surface area contributed by atoms with Crippen molar-refractivity contribution in [2.75, 3.05) is 4.43 Å². The van der Waals surface area contributed by atoms with E-state index < -0.39 is 0 Å². The third kappa shape index (κ3) is 1.31. The largest absolute Gasteiger partial charge is 0.368 e. The predicted octanol–water partition coefficient (Wildman–Crippen LogP) is 3.16. The molecule has 0 spiro atoms. The Kier molecular flexibility index (Phi) is 2.19. The van der Waals surface area contributed by atoms with Crippen LogP contribution in [0.3, 0.4) is 0 Å². The second kappa shape index (κ2) is 2.84. The molecule has 2 aliphatic rings. The fourth-order valence-electron chi connectivity index (χ4n) is 2.84. The van der Waals surface area contributed by atoms with Crippen LogP contribution < -0.4 is 0 Å². The highest BCUT2D eigenvalue weighted by Gasteiger charge is 2.52. The molecule has 1 aliphatic carbocycles. The number of rotatable bonds is 1. The van der Waals surface area contributed by atoms with Crippen molar-refractivity contribution < 1.29 is 4.74 Å². The number of fused-ring (bicyclic) bond motifs is 2. The van der Waals surface area contributed by atoms with E-state index in [-0.39, 0.29) is 11.2 Å². The van der Waals surface area contributed by atoms with E-state index in [2.05, 4.69) is 36.4 Å². The van der Waals surface area contributed by atoms with Gasteiger partial charge in [0.15, 0.2) is 0 Å². The highest BCUT2D eigenvalue weighted by molar-refractivity contribution is 14.1. The van der Waals surface area contributed by atoms with Crippen LogP contribution >= 0.6 is 22.6 Å². The minimum absolute atomic E-state index is 0.186. The molecule has 1 heterocycles. The Morgan fingerprint density at radius 2 is 2.25 bits per heavy atom. The Morgan fingerprint density at radius 1 is 1.50 bits per heavy atom. The molecule has 2 bridgehead atoms. The van der Waals surface area contributed by atoms with E-state index in [1.165, 1.54) is 25.7 Å². The second-order valence-electron chi connectivity index (χ2n) is 4.79. The zero-order valence-electron chi connectivity index (χ0n) is 7.90. The molecule has 1 saturated heterocycles. The minimum atomic E-state index is 0.186. The van der Waals surface area contributed by atoms with E-state index in [9.17, 15) is 0 Å². The number of halogens is 1. The van der Waals surface area contributed by atoms with Gasteiger partial charge in [0.25, 0.3) is 0 Å². The number of hydrogen-bond acceptors (Lipinski definition) is 1. The first-order valence-corrected chi connectivity index (χ1v) is 6.37. The lowest BCUT2D eigenvalue weighted by atomic mass is 9.77. The fourth-order valence-corrected chi connectivity index (χ4v) is 3.62. The van der Waals surface area contributed by atoms with Gasteiger partial charge in [-0.2, -0.15) is 0 Å². The van der Waals surface area contributed by atoms with Gasteiger partial charge >= 0.3 is 0 Å². The molecule has 2 unspecified atom stereocenters. The zero-order valence-corrected chi connectivity index (χ0v) is 10.1. The van der Waals surface area contributed by atoms with Gasteiger partial charge in [0.05, 0.1) is 11.2 Å². The molecule has 0 aromatic carbocycles. The molecule has 2 heteroatoms. The summed E-state index contributed by atoms with van der Waals surface area (Å²) in [4.78, 5) is 0. The van der Waals surface area contributed by atoms with Crippen molar-refractivity contribution in [2.24, 2.45) is 5.92 Å². The maximum Gasteiger partial charge on any atom is 0.0779 e. The van der Waals surface area contributed by atoms with Crippen molar-refractivity contribution in [3.8, 4) is 0 Å². The van der Waals surface area contributed by atoms with Crippen LogP contribution in [0.4, 0.5) is 0 Å². The highest BCUT2D eigenvalue weighted by atomic mass is 127. The standard InChI is InChI=1S/C10H17IO/c1-9-5-3-4-8(6-9)10(2,7-11)12-9/h8H,3-7H2,1-2H3/t8-,9?,10?/m1/s1. The monoisotopic (exact) mass is 280 g/mol. The Hall–Kier alpha value is 0.690. The average molecular weight is 280 g/mol. The van der Waals surface area contributed by atoms with Gasteiger partial charge in [-0.3, -0.25) is 0 Å². The van der Waals surface area contributed by atoms with Crippen LogP contribution in [0.1, 0.15) is 39.5 Å². The molecule has 0 radical (unpaired) electrons. The molecule has 1 nitrogen and oxygen atoms in total. The number of ether oxygens (including phenoxy) is 1. The van der Waals surface area contributed by atoms with Crippen LogP contribution in [0.15, 0.2) is 0 Å². The highest BCUT2D eigenvalue weighted by Crippen LogP contribution is 2.51. The third-order valence-electron chi connectivity index (χ3n) is 3.54. The third-order valence-corrected chi connectivity index (χ3v) is 5.06. The van der Waals surface area contributed by atoms with Crippen molar-refractivity contribution in [1.82, 2.24) is 0 Å². The first-order chi connectivity index (χ1) is 5.58. The zero-order chi connectivity index (χ0) is 8.82.